The number of halogens is 1. The number of benzene rings is 2. The van der Waals surface area contributed by atoms with Crippen LogP contribution in [-0.2, 0) is 0 Å². The number of hydrogen-bond donors (Lipinski definition) is 1. The predicted molar refractivity (Wildman–Crippen MR) is 86.4 cm³/mol. The molecule has 3 rings (SSSR count). The van der Waals surface area contributed by atoms with Gasteiger partial charge >= 0.3 is 0 Å². The second-order valence-electron chi connectivity index (χ2n) is 4.60. The zero-order valence-electron chi connectivity index (χ0n) is 11.3. The van der Waals surface area contributed by atoms with Crippen molar-refractivity contribution >= 4 is 38.3 Å². The van der Waals surface area contributed by atoms with Crippen LogP contribution >= 0.6 is 15.9 Å². The van der Waals surface area contributed by atoms with Crippen molar-refractivity contribution in [2.45, 2.75) is 6.92 Å². The Hall–Kier alpha value is -2.45. The van der Waals surface area contributed by atoms with Crippen molar-refractivity contribution in [1.82, 2.24) is 9.97 Å². The number of aromatic nitrogens is 2. The average molecular weight is 339 g/mol. The number of rotatable bonds is 2. The maximum Gasteiger partial charge on any atom is 0.228 e. The van der Waals surface area contributed by atoms with E-state index in [1.54, 1.807) is 6.07 Å². The molecule has 1 N–H and O–H groups in total. The fourth-order valence-electron chi connectivity index (χ4n) is 2.17. The summed E-state index contributed by atoms with van der Waals surface area (Å²) in [7, 11) is 0. The van der Waals surface area contributed by atoms with E-state index < -0.39 is 0 Å². The smallest absolute Gasteiger partial charge is 0.228 e. The van der Waals surface area contributed by atoms with Crippen LogP contribution in [0.25, 0.3) is 10.8 Å². The maximum atomic E-state index is 8.99. The highest BCUT2D eigenvalue weighted by Gasteiger charge is 2.07. The Bertz CT molecular complexity index is 868. The van der Waals surface area contributed by atoms with E-state index in [0.29, 0.717) is 11.6 Å². The zero-order valence-corrected chi connectivity index (χ0v) is 12.8. The summed E-state index contributed by atoms with van der Waals surface area (Å²) in [5, 5.41) is 14.4. The van der Waals surface area contributed by atoms with E-state index >= 15 is 0 Å². The monoisotopic (exact) mass is 338 g/mol. The van der Waals surface area contributed by atoms with Gasteiger partial charge in [0.15, 0.2) is 0 Å². The van der Waals surface area contributed by atoms with Gasteiger partial charge in [-0.15, -0.1) is 0 Å². The van der Waals surface area contributed by atoms with Crippen LogP contribution in [0, 0.1) is 18.3 Å². The lowest BCUT2D eigenvalue weighted by Gasteiger charge is -2.10. The first kappa shape index (κ1) is 13.5. The molecule has 0 bridgehead atoms. The van der Waals surface area contributed by atoms with Gasteiger partial charge in [-0.05, 0) is 30.5 Å². The molecule has 2 aromatic carbocycles. The molecule has 3 aromatic rings. The summed E-state index contributed by atoms with van der Waals surface area (Å²) in [6.45, 7) is 1.84. The van der Waals surface area contributed by atoms with Gasteiger partial charge in [-0.2, -0.15) is 5.26 Å². The molecule has 21 heavy (non-hydrogen) atoms. The molecule has 0 aliphatic carbocycles. The number of nitriles is 1. The Morgan fingerprint density at radius 2 is 1.86 bits per heavy atom. The molecule has 0 aliphatic rings. The van der Waals surface area contributed by atoms with E-state index in [0.717, 1.165) is 26.6 Å². The molecule has 0 atom stereocenters. The van der Waals surface area contributed by atoms with Crippen LogP contribution < -0.4 is 5.32 Å². The molecule has 0 radical (unpaired) electrons. The van der Waals surface area contributed by atoms with Gasteiger partial charge in [-0.25, -0.2) is 9.97 Å². The third-order valence-electron chi connectivity index (χ3n) is 3.09. The summed E-state index contributed by atoms with van der Waals surface area (Å²) in [5.74, 6) is 0.430. The van der Waals surface area contributed by atoms with Crippen molar-refractivity contribution in [3.8, 4) is 6.07 Å². The third kappa shape index (κ3) is 2.71. The molecule has 0 amide bonds. The first-order valence-corrected chi connectivity index (χ1v) is 7.17. The van der Waals surface area contributed by atoms with Gasteiger partial charge in [0.05, 0.1) is 0 Å². The number of hydrogen-bond acceptors (Lipinski definition) is 4. The van der Waals surface area contributed by atoms with Gasteiger partial charge in [-0.3, -0.25) is 0 Å². The highest BCUT2D eigenvalue weighted by molar-refractivity contribution is 9.10. The minimum absolute atomic E-state index is 0.353. The maximum absolute atomic E-state index is 8.99. The Morgan fingerprint density at radius 1 is 1.10 bits per heavy atom. The van der Waals surface area contributed by atoms with Crippen LogP contribution in [0.5, 0.6) is 0 Å². The summed E-state index contributed by atoms with van der Waals surface area (Å²) in [4.78, 5) is 8.50. The van der Waals surface area contributed by atoms with Crippen molar-refractivity contribution in [2.75, 3.05) is 5.32 Å². The van der Waals surface area contributed by atoms with E-state index in [1.165, 1.54) is 0 Å². The number of anilines is 2. The fraction of sp³-hybridized carbons (Fsp3) is 0.0625. The van der Waals surface area contributed by atoms with Crippen molar-refractivity contribution in [1.29, 1.82) is 5.26 Å². The Labute approximate surface area is 130 Å². The topological polar surface area (TPSA) is 61.6 Å². The summed E-state index contributed by atoms with van der Waals surface area (Å²) >= 11 is 3.55. The highest BCUT2D eigenvalue weighted by atomic mass is 79.9. The molecule has 4 nitrogen and oxygen atoms in total. The second kappa shape index (κ2) is 5.51. The Kier molecular flexibility index (Phi) is 3.55. The van der Waals surface area contributed by atoms with E-state index in [9.17, 15) is 0 Å². The minimum atomic E-state index is 0.353. The number of aryl methyl sites for hydroxylation is 1. The lowest BCUT2D eigenvalue weighted by Crippen LogP contribution is -2.00. The van der Waals surface area contributed by atoms with Gasteiger partial charge in [-0.1, -0.05) is 40.2 Å². The van der Waals surface area contributed by atoms with Gasteiger partial charge in [0.2, 0.25) is 5.95 Å². The van der Waals surface area contributed by atoms with Crippen LogP contribution in [-0.4, -0.2) is 9.97 Å². The van der Waals surface area contributed by atoms with Crippen LogP contribution in [0.1, 0.15) is 11.4 Å². The predicted octanol–water partition coefficient (Wildman–Crippen LogP) is 4.32. The first-order chi connectivity index (χ1) is 10.2. The van der Waals surface area contributed by atoms with E-state index in [1.807, 2.05) is 49.4 Å². The highest BCUT2D eigenvalue weighted by Crippen LogP contribution is 2.31. The van der Waals surface area contributed by atoms with Crippen LogP contribution in [0.2, 0.25) is 0 Å². The fourth-order valence-corrected chi connectivity index (χ4v) is 2.65. The molecule has 0 spiro atoms. The molecular formula is C16H11BrN4. The quantitative estimate of drug-likeness (QED) is 0.755. The molecule has 0 saturated heterocycles. The molecule has 0 aliphatic heterocycles. The number of nitrogens with zero attached hydrogens (tertiary/aromatic N) is 3. The van der Waals surface area contributed by atoms with Crippen LogP contribution in [0.4, 0.5) is 11.6 Å². The molecule has 0 saturated carbocycles. The molecule has 1 heterocycles. The van der Waals surface area contributed by atoms with E-state index in [4.69, 9.17) is 5.26 Å². The number of nitrogens with one attached hydrogen (secondary N) is 1. The summed E-state index contributed by atoms with van der Waals surface area (Å²) in [6.07, 6.45) is 0. The van der Waals surface area contributed by atoms with Gasteiger partial charge < -0.3 is 5.32 Å². The molecule has 5 heteroatoms. The molecule has 102 valence electrons. The standard InChI is InChI=1S/C16H11BrN4/c1-10-8-11(9-18)20-16(19-10)21-15-7-6-14(17)12-4-2-3-5-13(12)15/h2-8H,1H3,(H,19,20,21). The van der Waals surface area contributed by atoms with Gasteiger partial charge in [0.1, 0.15) is 11.8 Å². The lowest BCUT2D eigenvalue weighted by atomic mass is 10.1. The van der Waals surface area contributed by atoms with Gasteiger partial charge in [0.25, 0.3) is 0 Å². The largest absolute Gasteiger partial charge is 0.324 e. The second-order valence-corrected chi connectivity index (χ2v) is 5.45. The van der Waals surface area contributed by atoms with Crippen molar-refractivity contribution in [2.24, 2.45) is 0 Å². The van der Waals surface area contributed by atoms with E-state index in [-0.39, 0.29) is 0 Å². The summed E-state index contributed by atoms with van der Waals surface area (Å²) in [5.41, 5.74) is 2.01. The zero-order chi connectivity index (χ0) is 14.8. The molecule has 0 unspecified atom stereocenters. The summed E-state index contributed by atoms with van der Waals surface area (Å²) in [6, 6.07) is 15.7. The van der Waals surface area contributed by atoms with E-state index in [2.05, 4.69) is 31.2 Å². The molecule has 0 fully saturated rings. The summed E-state index contributed by atoms with van der Waals surface area (Å²) < 4.78 is 1.03. The molecule has 1 aromatic heterocycles. The lowest BCUT2D eigenvalue weighted by molar-refractivity contribution is 1.09. The SMILES string of the molecule is Cc1cc(C#N)nc(Nc2ccc(Br)c3ccccc23)n1. The normalized spacial score (nSPS) is 10.3. The van der Waals surface area contributed by atoms with Crippen molar-refractivity contribution in [3.63, 3.8) is 0 Å². The Morgan fingerprint density at radius 3 is 2.62 bits per heavy atom. The van der Waals surface area contributed by atoms with Gasteiger partial charge in [0, 0.05) is 21.2 Å². The average Bonchev–Trinajstić information content (AvgIpc) is 2.50. The Balaban J connectivity index is 2.09. The molecular weight excluding hydrogens is 328 g/mol. The third-order valence-corrected chi connectivity index (χ3v) is 3.78. The van der Waals surface area contributed by atoms with Crippen LogP contribution in [0.3, 0.4) is 0 Å². The van der Waals surface area contributed by atoms with Crippen molar-refractivity contribution < 1.29 is 0 Å². The first-order valence-electron chi connectivity index (χ1n) is 6.37. The van der Waals surface area contributed by atoms with Crippen LogP contribution in [0.15, 0.2) is 46.9 Å². The number of fused-ring (bicyclic) bond motifs is 1. The minimum Gasteiger partial charge on any atom is -0.324 e. The van der Waals surface area contributed by atoms with Crippen molar-refractivity contribution in [3.05, 3.63) is 58.3 Å².